The van der Waals surface area contributed by atoms with Crippen molar-refractivity contribution in [2.75, 3.05) is 0 Å². The highest BCUT2D eigenvalue weighted by molar-refractivity contribution is 5.97. The highest BCUT2D eigenvalue weighted by atomic mass is 16.8. The molecule has 0 aromatic heterocycles. The van der Waals surface area contributed by atoms with E-state index in [0.29, 0.717) is 12.0 Å². The van der Waals surface area contributed by atoms with Crippen molar-refractivity contribution in [2.45, 2.75) is 110 Å². The molecule has 7 N–H and O–H groups in total. The van der Waals surface area contributed by atoms with E-state index in [4.69, 9.17) is 18.9 Å². The van der Waals surface area contributed by atoms with Crippen molar-refractivity contribution >= 4 is 24.1 Å². The minimum atomic E-state index is -0.983. The molecule has 3 aliphatic rings. The summed E-state index contributed by atoms with van der Waals surface area (Å²) in [5.41, 5.74) is 0.534. The SMILES string of the molecule is C[C@@H]1/C=C\[C@@H](C)[C@H](C)OC(=O)c2c(O)cc(O)cc2/C=C/C[C@H](O)[C@@H]1O.C[C@@H]1/C=C\[C@@H](O)[C@H]2OC(C)(C)O[C@H]2C/C=C/c2cc(O)cc(O)c2C(=O)O[C@H]1C. The van der Waals surface area contributed by atoms with Crippen molar-refractivity contribution < 1.29 is 64.3 Å². The molecule has 1 fully saturated rings. The van der Waals surface area contributed by atoms with Crippen LogP contribution in [0.25, 0.3) is 12.2 Å². The summed E-state index contributed by atoms with van der Waals surface area (Å²) >= 11 is 0. The lowest BCUT2D eigenvalue weighted by Gasteiger charge is -2.23. The lowest BCUT2D eigenvalue weighted by atomic mass is 9.94. The Bertz CT molecular complexity index is 1790. The zero-order chi connectivity index (χ0) is 40.8. The minimum absolute atomic E-state index is 0.0142. The van der Waals surface area contributed by atoms with Crippen molar-refractivity contribution in [2.24, 2.45) is 17.8 Å². The van der Waals surface area contributed by atoms with Crippen LogP contribution in [0.1, 0.15) is 93.2 Å². The molecule has 55 heavy (non-hydrogen) atoms. The van der Waals surface area contributed by atoms with E-state index in [1.807, 2.05) is 19.9 Å². The van der Waals surface area contributed by atoms with Crippen molar-refractivity contribution in [3.05, 3.63) is 83.0 Å². The number of carbonyl (C=O) groups excluding carboxylic acids is 2. The molecule has 2 aromatic rings. The van der Waals surface area contributed by atoms with Crippen LogP contribution < -0.4 is 0 Å². The summed E-state index contributed by atoms with van der Waals surface area (Å²) in [5, 5.41) is 70.9. The first-order valence-corrected chi connectivity index (χ1v) is 18.4. The van der Waals surface area contributed by atoms with Crippen LogP contribution in [-0.2, 0) is 18.9 Å². The molecule has 5 rings (SSSR count). The Hall–Kier alpha value is -4.66. The number of ether oxygens (including phenoxy) is 4. The summed E-state index contributed by atoms with van der Waals surface area (Å²) in [6, 6.07) is 4.90. The van der Waals surface area contributed by atoms with Crippen molar-refractivity contribution in [1.29, 1.82) is 0 Å². The van der Waals surface area contributed by atoms with E-state index in [0.717, 1.165) is 12.1 Å². The van der Waals surface area contributed by atoms with Gasteiger partial charge in [0.2, 0.25) is 0 Å². The average molecular weight is 767 g/mol. The van der Waals surface area contributed by atoms with Crippen LogP contribution in [0.5, 0.6) is 23.0 Å². The van der Waals surface area contributed by atoms with Gasteiger partial charge in [-0.3, -0.25) is 0 Å². The number of carbonyl (C=O) groups is 2. The van der Waals surface area contributed by atoms with Crippen molar-refractivity contribution in [3.8, 4) is 23.0 Å². The molecular weight excluding hydrogens is 712 g/mol. The molecule has 0 radical (unpaired) electrons. The summed E-state index contributed by atoms with van der Waals surface area (Å²) in [6.07, 6.45) is 9.27. The summed E-state index contributed by atoms with van der Waals surface area (Å²) in [4.78, 5) is 25.2. The molecule has 1 saturated heterocycles. The van der Waals surface area contributed by atoms with Gasteiger partial charge in [-0.1, -0.05) is 69.4 Å². The Kier molecular flexibility index (Phi) is 14.3. The monoisotopic (exact) mass is 766 g/mol. The van der Waals surface area contributed by atoms with E-state index in [9.17, 15) is 45.3 Å². The van der Waals surface area contributed by atoms with Crippen LogP contribution in [0.4, 0.5) is 0 Å². The molecular formula is C42H54O13. The largest absolute Gasteiger partial charge is 0.508 e. The number of hydrogen-bond donors (Lipinski definition) is 7. The number of esters is 2. The zero-order valence-corrected chi connectivity index (χ0v) is 32.2. The van der Waals surface area contributed by atoms with Crippen LogP contribution in [0.15, 0.2) is 60.7 Å². The predicted octanol–water partition coefficient (Wildman–Crippen LogP) is 5.74. The molecule has 3 heterocycles. The van der Waals surface area contributed by atoms with Gasteiger partial charge in [0.15, 0.2) is 5.79 Å². The molecule has 0 saturated carbocycles. The normalized spacial score (nSPS) is 33.6. The molecule has 10 atom stereocenters. The molecule has 3 aliphatic heterocycles. The number of fused-ring (bicyclic) bond motifs is 3. The Morgan fingerprint density at radius 3 is 1.58 bits per heavy atom. The Balaban J connectivity index is 0.000000246. The molecule has 2 aromatic carbocycles. The Labute approximate surface area is 321 Å². The smallest absolute Gasteiger partial charge is 0.342 e. The van der Waals surface area contributed by atoms with Gasteiger partial charge in [0.25, 0.3) is 0 Å². The van der Waals surface area contributed by atoms with E-state index < -0.39 is 60.5 Å². The second kappa shape index (κ2) is 18.3. The molecule has 0 bridgehead atoms. The quantitative estimate of drug-likeness (QED) is 0.126. The molecule has 0 amide bonds. The van der Waals surface area contributed by atoms with Gasteiger partial charge in [0, 0.05) is 29.9 Å². The number of phenolic OH excluding ortho intramolecular Hbond substituents is 4. The van der Waals surface area contributed by atoms with E-state index in [2.05, 4.69) is 0 Å². The topological polar surface area (TPSA) is 213 Å². The van der Waals surface area contributed by atoms with E-state index in [-0.39, 0.29) is 63.9 Å². The molecule has 13 nitrogen and oxygen atoms in total. The third kappa shape index (κ3) is 11.2. The van der Waals surface area contributed by atoms with Crippen molar-refractivity contribution in [3.63, 3.8) is 0 Å². The number of aromatic hydroxyl groups is 4. The fourth-order valence-electron chi connectivity index (χ4n) is 6.31. The second-order valence-electron chi connectivity index (χ2n) is 14.9. The first kappa shape index (κ1) is 43.1. The maximum absolute atomic E-state index is 12.7. The predicted molar refractivity (Wildman–Crippen MR) is 204 cm³/mol. The van der Waals surface area contributed by atoms with Gasteiger partial charge >= 0.3 is 11.9 Å². The van der Waals surface area contributed by atoms with Crippen LogP contribution in [0.2, 0.25) is 0 Å². The number of aliphatic hydroxyl groups is 3. The van der Waals surface area contributed by atoms with Crippen LogP contribution in [-0.4, -0.2) is 96.2 Å². The number of rotatable bonds is 0. The summed E-state index contributed by atoms with van der Waals surface area (Å²) in [7, 11) is 0. The Morgan fingerprint density at radius 1 is 0.618 bits per heavy atom. The van der Waals surface area contributed by atoms with Gasteiger partial charge in [-0.15, -0.1) is 0 Å². The summed E-state index contributed by atoms with van der Waals surface area (Å²) in [5.74, 6) is -3.91. The van der Waals surface area contributed by atoms with E-state index in [1.54, 1.807) is 71.1 Å². The number of phenols is 4. The van der Waals surface area contributed by atoms with Gasteiger partial charge in [0.05, 0.1) is 18.3 Å². The number of benzene rings is 2. The zero-order valence-electron chi connectivity index (χ0n) is 32.2. The Morgan fingerprint density at radius 2 is 1.07 bits per heavy atom. The van der Waals surface area contributed by atoms with E-state index >= 15 is 0 Å². The van der Waals surface area contributed by atoms with Crippen LogP contribution in [0.3, 0.4) is 0 Å². The number of cyclic esters (lactones) is 2. The third-order valence-corrected chi connectivity index (χ3v) is 9.90. The first-order valence-electron chi connectivity index (χ1n) is 18.4. The highest BCUT2D eigenvalue weighted by Crippen LogP contribution is 2.35. The fraction of sp³-hybridized carbons (Fsp3) is 0.476. The maximum Gasteiger partial charge on any atom is 0.342 e. The molecule has 300 valence electrons. The van der Waals surface area contributed by atoms with Gasteiger partial charge in [-0.25, -0.2) is 9.59 Å². The second-order valence-corrected chi connectivity index (χ2v) is 14.9. The molecule has 13 heteroatoms. The molecule has 0 unspecified atom stereocenters. The lowest BCUT2D eigenvalue weighted by molar-refractivity contribution is -0.152. The average Bonchev–Trinajstić information content (AvgIpc) is 3.41. The van der Waals surface area contributed by atoms with Crippen molar-refractivity contribution in [1.82, 2.24) is 0 Å². The molecule has 0 aliphatic carbocycles. The first-order chi connectivity index (χ1) is 25.8. The van der Waals surface area contributed by atoms with Gasteiger partial charge in [-0.05, 0) is 63.8 Å². The highest BCUT2D eigenvalue weighted by Gasteiger charge is 2.43. The maximum atomic E-state index is 12.7. The summed E-state index contributed by atoms with van der Waals surface area (Å²) in [6.45, 7) is 12.6. The van der Waals surface area contributed by atoms with Gasteiger partial charge < -0.3 is 54.7 Å². The van der Waals surface area contributed by atoms with Gasteiger partial charge in [0.1, 0.15) is 58.5 Å². The minimum Gasteiger partial charge on any atom is -0.508 e. The molecule has 0 spiro atoms. The van der Waals surface area contributed by atoms with Crippen LogP contribution >= 0.6 is 0 Å². The lowest BCUT2D eigenvalue weighted by Crippen LogP contribution is -2.34. The third-order valence-electron chi connectivity index (χ3n) is 9.90. The standard InChI is InChI=1S/C22H28O7.C20H26O6/c1-12-8-9-16(24)20-18(28-22(3,4)29-20)7-5-6-14-10-15(23)11-17(25)19(14)21(26)27-13(12)2;1-11-7-8-12(2)19(24)16(22)6-4-5-14-9-15(21)10-17(23)18(14)20(25)26-13(11)3/h5-6,8-13,16,18,20,23-25H,7H2,1-4H3;4-5,7-13,16,19,21-24H,6H2,1-3H3/b6-5+,9-8-;5-4+,8-7-/t12-,13+,16-,18+,20-;11-,12-,13+,16+,19-/m11/s1. The fourth-order valence-corrected chi connectivity index (χ4v) is 6.31. The van der Waals surface area contributed by atoms with Gasteiger partial charge in [-0.2, -0.15) is 0 Å². The van der Waals surface area contributed by atoms with E-state index in [1.165, 1.54) is 18.2 Å². The number of aliphatic hydroxyl groups excluding tert-OH is 3. The summed E-state index contributed by atoms with van der Waals surface area (Å²) < 4.78 is 22.8. The van der Waals surface area contributed by atoms with Crippen LogP contribution in [0, 0.1) is 17.8 Å². The number of hydrogen-bond acceptors (Lipinski definition) is 13.